The molecule has 0 saturated carbocycles. The van der Waals surface area contributed by atoms with Crippen molar-refractivity contribution < 1.29 is 22.3 Å². The van der Waals surface area contributed by atoms with Crippen LogP contribution in [0.15, 0.2) is 48.5 Å². The Kier molecular flexibility index (Phi) is 5.13. The second-order valence-corrected chi connectivity index (χ2v) is 5.90. The fourth-order valence-electron chi connectivity index (χ4n) is 2.89. The number of anilines is 1. The molecule has 0 aliphatic carbocycles. The summed E-state index contributed by atoms with van der Waals surface area (Å²) in [6.07, 6.45) is -4.68. The quantitative estimate of drug-likeness (QED) is 0.771. The molecule has 134 valence electrons. The van der Waals surface area contributed by atoms with E-state index < -0.39 is 6.36 Å². The van der Waals surface area contributed by atoms with E-state index in [2.05, 4.69) is 14.5 Å². The van der Waals surface area contributed by atoms with E-state index in [-0.39, 0.29) is 11.6 Å². The molecule has 3 nitrogen and oxygen atoms in total. The van der Waals surface area contributed by atoms with Crippen molar-refractivity contribution in [1.29, 1.82) is 0 Å². The highest BCUT2D eigenvalue weighted by molar-refractivity contribution is 5.49. The van der Waals surface area contributed by atoms with Crippen LogP contribution in [0.5, 0.6) is 5.75 Å². The third kappa shape index (κ3) is 4.85. The van der Waals surface area contributed by atoms with Crippen LogP contribution in [0.1, 0.15) is 5.56 Å². The van der Waals surface area contributed by atoms with E-state index >= 15 is 0 Å². The first-order chi connectivity index (χ1) is 11.9. The van der Waals surface area contributed by atoms with Crippen molar-refractivity contribution in [3.8, 4) is 5.75 Å². The third-order valence-corrected chi connectivity index (χ3v) is 4.16. The van der Waals surface area contributed by atoms with Crippen LogP contribution in [-0.2, 0) is 6.54 Å². The number of nitrogens with zero attached hydrogens (tertiary/aromatic N) is 2. The lowest BCUT2D eigenvalue weighted by Crippen LogP contribution is -2.46. The van der Waals surface area contributed by atoms with Crippen molar-refractivity contribution in [2.24, 2.45) is 0 Å². The van der Waals surface area contributed by atoms with Crippen molar-refractivity contribution in [1.82, 2.24) is 4.90 Å². The number of benzene rings is 2. The predicted molar refractivity (Wildman–Crippen MR) is 87.0 cm³/mol. The van der Waals surface area contributed by atoms with Gasteiger partial charge < -0.3 is 9.64 Å². The monoisotopic (exact) mass is 354 g/mol. The summed E-state index contributed by atoms with van der Waals surface area (Å²) in [5.74, 6) is -0.431. The SMILES string of the molecule is Fc1ccccc1CN1CCN(c2ccc(OC(F)(F)F)cc2)CC1. The average Bonchev–Trinajstić information content (AvgIpc) is 2.57. The van der Waals surface area contributed by atoms with Gasteiger partial charge in [-0.3, -0.25) is 4.90 Å². The fourth-order valence-corrected chi connectivity index (χ4v) is 2.89. The number of piperazine rings is 1. The molecular weight excluding hydrogens is 336 g/mol. The van der Waals surface area contributed by atoms with Gasteiger partial charge in [-0.05, 0) is 30.3 Å². The van der Waals surface area contributed by atoms with E-state index in [0.717, 1.165) is 31.9 Å². The Hall–Kier alpha value is -2.28. The Labute approximate surface area is 143 Å². The summed E-state index contributed by atoms with van der Waals surface area (Å²) in [7, 11) is 0. The van der Waals surface area contributed by atoms with Crippen molar-refractivity contribution >= 4 is 5.69 Å². The van der Waals surface area contributed by atoms with Crippen LogP contribution >= 0.6 is 0 Å². The summed E-state index contributed by atoms with van der Waals surface area (Å²) in [6.45, 7) is 3.53. The molecule has 0 bridgehead atoms. The Morgan fingerprint density at radius 2 is 1.52 bits per heavy atom. The number of rotatable bonds is 4. The molecule has 1 saturated heterocycles. The average molecular weight is 354 g/mol. The number of alkyl halides is 3. The molecule has 1 fully saturated rings. The maximum Gasteiger partial charge on any atom is 0.573 e. The molecular formula is C18H18F4N2O. The van der Waals surface area contributed by atoms with E-state index in [4.69, 9.17) is 0 Å². The fraction of sp³-hybridized carbons (Fsp3) is 0.333. The van der Waals surface area contributed by atoms with Crippen LogP contribution in [0.3, 0.4) is 0 Å². The molecule has 0 aromatic heterocycles. The lowest BCUT2D eigenvalue weighted by molar-refractivity contribution is -0.274. The van der Waals surface area contributed by atoms with Crippen LogP contribution in [0.25, 0.3) is 0 Å². The zero-order valence-corrected chi connectivity index (χ0v) is 13.5. The minimum Gasteiger partial charge on any atom is -0.406 e. The van der Waals surface area contributed by atoms with Crippen LogP contribution in [0.4, 0.5) is 23.2 Å². The van der Waals surface area contributed by atoms with Gasteiger partial charge in [0.1, 0.15) is 11.6 Å². The highest BCUT2D eigenvalue weighted by Crippen LogP contribution is 2.26. The van der Waals surface area contributed by atoms with Crippen molar-refractivity contribution in [2.45, 2.75) is 12.9 Å². The molecule has 2 aromatic rings. The number of ether oxygens (including phenoxy) is 1. The molecule has 1 aliphatic heterocycles. The van der Waals surface area contributed by atoms with Gasteiger partial charge in [-0.15, -0.1) is 13.2 Å². The minimum absolute atomic E-state index is 0.204. The second-order valence-electron chi connectivity index (χ2n) is 5.90. The van der Waals surface area contributed by atoms with Crippen molar-refractivity contribution in [3.05, 3.63) is 59.9 Å². The topological polar surface area (TPSA) is 15.7 Å². The van der Waals surface area contributed by atoms with Gasteiger partial charge in [-0.1, -0.05) is 18.2 Å². The van der Waals surface area contributed by atoms with Gasteiger partial charge in [0.2, 0.25) is 0 Å². The van der Waals surface area contributed by atoms with Gasteiger partial charge in [0.05, 0.1) is 0 Å². The molecule has 0 atom stereocenters. The van der Waals surface area contributed by atoms with E-state index in [0.29, 0.717) is 12.1 Å². The molecule has 1 heterocycles. The van der Waals surface area contributed by atoms with Gasteiger partial charge >= 0.3 is 6.36 Å². The molecule has 0 radical (unpaired) electrons. The minimum atomic E-state index is -4.68. The molecule has 2 aromatic carbocycles. The van der Waals surface area contributed by atoms with Gasteiger partial charge in [-0.25, -0.2) is 4.39 Å². The third-order valence-electron chi connectivity index (χ3n) is 4.16. The van der Waals surface area contributed by atoms with E-state index in [1.807, 2.05) is 6.07 Å². The maximum atomic E-state index is 13.7. The molecule has 0 N–H and O–H groups in total. The summed E-state index contributed by atoms with van der Waals surface area (Å²) >= 11 is 0. The number of hydrogen-bond acceptors (Lipinski definition) is 3. The Bertz CT molecular complexity index is 695. The zero-order chi connectivity index (χ0) is 17.9. The van der Waals surface area contributed by atoms with Gasteiger partial charge in [0.25, 0.3) is 0 Å². The first-order valence-corrected chi connectivity index (χ1v) is 7.97. The van der Waals surface area contributed by atoms with E-state index in [1.54, 1.807) is 24.3 Å². The summed E-state index contributed by atoms with van der Waals surface area (Å²) in [5.41, 5.74) is 1.52. The summed E-state index contributed by atoms with van der Waals surface area (Å²) in [5, 5.41) is 0. The van der Waals surface area contributed by atoms with Crippen LogP contribution in [0.2, 0.25) is 0 Å². The molecule has 7 heteroatoms. The highest BCUT2D eigenvalue weighted by Gasteiger charge is 2.31. The number of hydrogen-bond donors (Lipinski definition) is 0. The molecule has 0 amide bonds. The van der Waals surface area contributed by atoms with Crippen molar-refractivity contribution in [2.75, 3.05) is 31.1 Å². The van der Waals surface area contributed by atoms with Gasteiger partial charge in [0.15, 0.2) is 0 Å². The largest absolute Gasteiger partial charge is 0.573 e. The molecule has 0 spiro atoms. The Morgan fingerprint density at radius 3 is 2.12 bits per heavy atom. The normalized spacial score (nSPS) is 16.1. The lowest BCUT2D eigenvalue weighted by atomic mass is 10.1. The molecule has 0 unspecified atom stereocenters. The molecule has 1 aliphatic rings. The second kappa shape index (κ2) is 7.31. The van der Waals surface area contributed by atoms with Crippen LogP contribution in [0, 0.1) is 5.82 Å². The Morgan fingerprint density at radius 1 is 0.880 bits per heavy atom. The van der Waals surface area contributed by atoms with Gasteiger partial charge in [0, 0.05) is 44.0 Å². The summed E-state index contributed by atoms with van der Waals surface area (Å²) < 4.78 is 54.1. The molecule has 3 rings (SSSR count). The van der Waals surface area contributed by atoms with Crippen LogP contribution in [-0.4, -0.2) is 37.4 Å². The molecule has 25 heavy (non-hydrogen) atoms. The highest BCUT2D eigenvalue weighted by atomic mass is 19.4. The first-order valence-electron chi connectivity index (χ1n) is 7.97. The zero-order valence-electron chi connectivity index (χ0n) is 13.5. The predicted octanol–water partition coefficient (Wildman–Crippen LogP) is 4.05. The summed E-state index contributed by atoms with van der Waals surface area (Å²) in [4.78, 5) is 4.26. The van der Waals surface area contributed by atoms with E-state index in [1.165, 1.54) is 18.2 Å². The van der Waals surface area contributed by atoms with Gasteiger partial charge in [-0.2, -0.15) is 0 Å². The lowest BCUT2D eigenvalue weighted by Gasteiger charge is -2.36. The van der Waals surface area contributed by atoms with E-state index in [9.17, 15) is 17.6 Å². The van der Waals surface area contributed by atoms with Crippen LogP contribution < -0.4 is 9.64 Å². The van der Waals surface area contributed by atoms with Crippen molar-refractivity contribution in [3.63, 3.8) is 0 Å². The maximum absolute atomic E-state index is 13.7. The Balaban J connectivity index is 1.54. The number of halogens is 4. The first kappa shape index (κ1) is 17.5. The standard InChI is InChI=1S/C18H18F4N2O/c19-17-4-2-1-3-14(17)13-23-9-11-24(12-10-23)15-5-7-16(8-6-15)25-18(20,21)22/h1-8H,9-13H2. The smallest absolute Gasteiger partial charge is 0.406 e. The summed E-state index contributed by atoms with van der Waals surface area (Å²) in [6, 6.07) is 12.6.